The molecule has 0 unspecified atom stereocenters. The smallest absolute Gasteiger partial charge is 0.403 e. The molecule has 0 fully saturated rings. The summed E-state index contributed by atoms with van der Waals surface area (Å²) in [4.78, 5) is -0.839. The number of hydrogen-bond donors (Lipinski definition) is 1. The highest BCUT2D eigenvalue weighted by molar-refractivity contribution is 9.10. The Balaban J connectivity index is 3.25. The van der Waals surface area contributed by atoms with Gasteiger partial charge < -0.3 is 10.5 Å². The Morgan fingerprint density at radius 3 is 2.11 bits per heavy atom. The molecule has 10 heteroatoms. The molecule has 0 aliphatic rings. The molecular formula is C8H4BrF6NOS. The fraction of sp³-hybridized carbons (Fsp3) is 0.250. The summed E-state index contributed by atoms with van der Waals surface area (Å²) in [5.41, 5.74) is -0.0104. The summed E-state index contributed by atoms with van der Waals surface area (Å²) < 4.78 is 76.2. The standard InChI is InChI=1S/C8H4BrF6NOS/c9-3-1-2-4(16)6(18-8(13,14)15)5(3)17-7(10,11)12/h1-2H,16H2. The topological polar surface area (TPSA) is 35.2 Å². The van der Waals surface area contributed by atoms with Crippen molar-refractivity contribution in [3.8, 4) is 5.75 Å². The normalized spacial score (nSPS) is 12.6. The van der Waals surface area contributed by atoms with Crippen LogP contribution in [0.4, 0.5) is 32.0 Å². The summed E-state index contributed by atoms with van der Waals surface area (Å²) >= 11 is 1.91. The molecule has 0 saturated carbocycles. The second-order valence-corrected chi connectivity index (χ2v) is 4.82. The highest BCUT2D eigenvalue weighted by atomic mass is 79.9. The minimum atomic E-state index is -5.11. The Bertz CT molecular complexity index is 405. The van der Waals surface area contributed by atoms with Crippen LogP contribution in [0.15, 0.2) is 21.5 Å². The van der Waals surface area contributed by atoms with E-state index in [1.165, 1.54) is 0 Å². The molecule has 0 heterocycles. The number of thioether (sulfide) groups is 1. The van der Waals surface area contributed by atoms with Gasteiger partial charge in [-0.1, -0.05) is 0 Å². The number of nitrogens with two attached hydrogens (primary N) is 1. The third-order valence-electron chi connectivity index (χ3n) is 1.53. The van der Waals surface area contributed by atoms with Gasteiger partial charge >= 0.3 is 11.9 Å². The molecule has 0 aliphatic carbocycles. The monoisotopic (exact) mass is 355 g/mol. The van der Waals surface area contributed by atoms with Gasteiger partial charge in [0.15, 0.2) is 5.75 Å². The molecule has 0 atom stereocenters. The SMILES string of the molecule is Nc1ccc(Br)c(OC(F)(F)F)c1SC(F)(F)F. The number of alkyl halides is 6. The molecule has 18 heavy (non-hydrogen) atoms. The maximum Gasteiger partial charge on any atom is 0.573 e. The van der Waals surface area contributed by atoms with Crippen LogP contribution in [0.25, 0.3) is 0 Å². The van der Waals surface area contributed by atoms with E-state index in [1.807, 2.05) is 0 Å². The van der Waals surface area contributed by atoms with Crippen molar-refractivity contribution in [2.75, 3.05) is 5.73 Å². The highest BCUT2D eigenvalue weighted by Gasteiger charge is 2.37. The van der Waals surface area contributed by atoms with Crippen molar-refractivity contribution in [2.24, 2.45) is 0 Å². The zero-order chi connectivity index (χ0) is 14.1. The van der Waals surface area contributed by atoms with Gasteiger partial charge in [-0.2, -0.15) is 13.2 Å². The second kappa shape index (κ2) is 5.08. The first-order valence-electron chi connectivity index (χ1n) is 4.09. The molecule has 1 aromatic rings. The summed E-state index contributed by atoms with van der Waals surface area (Å²) in [6.45, 7) is 0. The van der Waals surface area contributed by atoms with Gasteiger partial charge in [0.1, 0.15) is 0 Å². The van der Waals surface area contributed by atoms with Gasteiger partial charge in [0.25, 0.3) is 0 Å². The van der Waals surface area contributed by atoms with Gasteiger partial charge in [0.2, 0.25) is 0 Å². The molecule has 0 radical (unpaired) electrons. The fourth-order valence-electron chi connectivity index (χ4n) is 0.986. The summed E-state index contributed by atoms with van der Waals surface area (Å²) in [6, 6.07) is 2.11. The number of ether oxygens (including phenoxy) is 1. The van der Waals surface area contributed by atoms with Gasteiger partial charge in [-0.05, 0) is 39.8 Å². The lowest BCUT2D eigenvalue weighted by molar-refractivity contribution is -0.275. The second-order valence-electron chi connectivity index (χ2n) is 2.89. The van der Waals surface area contributed by atoms with E-state index in [0.29, 0.717) is 0 Å². The van der Waals surface area contributed by atoms with Crippen molar-refractivity contribution in [1.82, 2.24) is 0 Å². The number of hydrogen-bond acceptors (Lipinski definition) is 3. The molecular weight excluding hydrogens is 352 g/mol. The van der Waals surface area contributed by atoms with Crippen molar-refractivity contribution >= 4 is 33.4 Å². The van der Waals surface area contributed by atoms with E-state index in [2.05, 4.69) is 20.7 Å². The predicted molar refractivity (Wildman–Crippen MR) is 57.1 cm³/mol. The Hall–Kier alpha value is -0.770. The molecule has 0 saturated heterocycles. The molecule has 0 aliphatic heterocycles. The van der Waals surface area contributed by atoms with Crippen LogP contribution in [0, 0.1) is 0 Å². The summed E-state index contributed by atoms with van der Waals surface area (Å²) in [5, 5.41) is 0. The van der Waals surface area contributed by atoms with Crippen LogP contribution < -0.4 is 10.5 Å². The van der Waals surface area contributed by atoms with E-state index in [-0.39, 0.29) is 4.47 Å². The first-order chi connectivity index (χ1) is 7.99. The molecule has 0 spiro atoms. The van der Waals surface area contributed by atoms with Gasteiger partial charge in [0, 0.05) is 5.69 Å². The quantitative estimate of drug-likeness (QED) is 0.480. The molecule has 2 N–H and O–H groups in total. The number of rotatable bonds is 2. The van der Waals surface area contributed by atoms with Crippen molar-refractivity contribution in [2.45, 2.75) is 16.8 Å². The Labute approximate surface area is 110 Å². The average molecular weight is 356 g/mol. The lowest BCUT2D eigenvalue weighted by atomic mass is 10.3. The minimum Gasteiger partial charge on any atom is -0.403 e. The van der Waals surface area contributed by atoms with Gasteiger partial charge in [-0.3, -0.25) is 0 Å². The van der Waals surface area contributed by atoms with E-state index in [4.69, 9.17) is 5.73 Å². The van der Waals surface area contributed by atoms with Crippen LogP contribution in [0.5, 0.6) is 5.75 Å². The fourth-order valence-corrected chi connectivity index (χ4v) is 2.19. The molecule has 2 nitrogen and oxygen atoms in total. The zero-order valence-electron chi connectivity index (χ0n) is 8.19. The van der Waals surface area contributed by atoms with E-state index in [0.717, 1.165) is 12.1 Å². The molecule has 1 rings (SSSR count). The van der Waals surface area contributed by atoms with Crippen LogP contribution in [0.1, 0.15) is 0 Å². The lowest BCUT2D eigenvalue weighted by Gasteiger charge is -2.17. The number of halogens is 7. The average Bonchev–Trinajstić information content (AvgIpc) is 2.14. The third kappa shape index (κ3) is 4.48. The Kier molecular flexibility index (Phi) is 4.31. The Morgan fingerprint density at radius 2 is 1.67 bits per heavy atom. The van der Waals surface area contributed by atoms with E-state index in [1.54, 1.807) is 0 Å². The third-order valence-corrected chi connectivity index (χ3v) is 3.01. The predicted octanol–water partition coefficient (Wildman–Crippen LogP) is 4.54. The van der Waals surface area contributed by atoms with Crippen LogP contribution in [0.3, 0.4) is 0 Å². The van der Waals surface area contributed by atoms with Gasteiger partial charge in [0.05, 0.1) is 9.37 Å². The van der Waals surface area contributed by atoms with Crippen molar-refractivity contribution < 1.29 is 31.1 Å². The van der Waals surface area contributed by atoms with Crippen LogP contribution in [-0.4, -0.2) is 11.9 Å². The van der Waals surface area contributed by atoms with Crippen molar-refractivity contribution in [3.63, 3.8) is 0 Å². The van der Waals surface area contributed by atoms with E-state index >= 15 is 0 Å². The van der Waals surface area contributed by atoms with Gasteiger partial charge in [-0.25, -0.2) is 0 Å². The maximum absolute atomic E-state index is 12.2. The first-order valence-corrected chi connectivity index (χ1v) is 5.70. The summed E-state index contributed by atoms with van der Waals surface area (Å²) in [7, 11) is 0. The summed E-state index contributed by atoms with van der Waals surface area (Å²) in [6.07, 6.45) is -5.11. The lowest BCUT2D eigenvalue weighted by Crippen LogP contribution is -2.18. The molecule has 1 aromatic carbocycles. The largest absolute Gasteiger partial charge is 0.573 e. The minimum absolute atomic E-state index is 0.277. The number of anilines is 1. The molecule has 0 aromatic heterocycles. The van der Waals surface area contributed by atoms with Crippen LogP contribution >= 0.6 is 27.7 Å². The Morgan fingerprint density at radius 1 is 1.11 bits per heavy atom. The molecule has 0 amide bonds. The number of nitrogen functional groups attached to an aromatic ring is 1. The van der Waals surface area contributed by atoms with Crippen LogP contribution in [0.2, 0.25) is 0 Å². The molecule has 0 bridgehead atoms. The van der Waals surface area contributed by atoms with E-state index < -0.39 is 40.0 Å². The molecule has 102 valence electrons. The van der Waals surface area contributed by atoms with Crippen LogP contribution in [-0.2, 0) is 0 Å². The van der Waals surface area contributed by atoms with Gasteiger partial charge in [-0.15, -0.1) is 13.2 Å². The number of benzene rings is 1. The van der Waals surface area contributed by atoms with Crippen molar-refractivity contribution in [1.29, 1.82) is 0 Å². The van der Waals surface area contributed by atoms with Crippen molar-refractivity contribution in [3.05, 3.63) is 16.6 Å². The summed E-state index contributed by atoms with van der Waals surface area (Å²) in [5.74, 6) is -1.01. The highest BCUT2D eigenvalue weighted by Crippen LogP contribution is 2.48. The first kappa shape index (κ1) is 15.3. The maximum atomic E-state index is 12.2. The van der Waals surface area contributed by atoms with E-state index in [9.17, 15) is 26.3 Å². The zero-order valence-corrected chi connectivity index (χ0v) is 10.6.